The van der Waals surface area contributed by atoms with E-state index in [0.717, 1.165) is 25.9 Å². The van der Waals surface area contributed by atoms with Gasteiger partial charge in [-0.1, -0.05) is 84.4 Å². The molecule has 0 saturated carbocycles. The van der Waals surface area contributed by atoms with Crippen molar-refractivity contribution in [1.29, 1.82) is 0 Å². The Hall–Kier alpha value is -0.630. The van der Waals surface area contributed by atoms with E-state index >= 15 is 0 Å². The zero-order valence-corrected chi connectivity index (χ0v) is 19.0. The first-order valence-corrected chi connectivity index (χ1v) is 12.9. The van der Waals surface area contributed by atoms with Gasteiger partial charge in [0.25, 0.3) is 0 Å². The number of rotatable bonds is 15. The average molecular weight is 396 g/mol. The quantitative estimate of drug-likeness (QED) is 0.356. The summed E-state index contributed by atoms with van der Waals surface area (Å²) < 4.78 is 13.1. The van der Waals surface area contributed by atoms with Crippen LogP contribution >= 0.6 is 7.37 Å². The third-order valence-corrected chi connectivity index (χ3v) is 7.56. The van der Waals surface area contributed by atoms with Crippen molar-refractivity contribution < 1.29 is 9.46 Å². The normalized spacial score (nSPS) is 16.2. The Balaban J connectivity index is 2.89. The Morgan fingerprint density at radius 1 is 0.889 bits per heavy atom. The van der Waals surface area contributed by atoms with Crippen LogP contribution in [-0.4, -0.2) is 29.2 Å². The Labute approximate surface area is 168 Å². The number of hydrogen-bond donors (Lipinski definition) is 1. The summed E-state index contributed by atoms with van der Waals surface area (Å²) in [6.07, 6.45) is 9.92. The van der Waals surface area contributed by atoms with Gasteiger partial charge in [0.05, 0.1) is 6.29 Å². The van der Waals surface area contributed by atoms with E-state index < -0.39 is 7.37 Å². The summed E-state index contributed by atoms with van der Waals surface area (Å²) >= 11 is 0. The molecule has 0 bridgehead atoms. The van der Waals surface area contributed by atoms with E-state index in [-0.39, 0.29) is 6.29 Å². The zero-order chi connectivity index (χ0) is 20.1. The molecule has 1 aromatic rings. The highest BCUT2D eigenvalue weighted by molar-refractivity contribution is 7.66. The second-order valence-corrected chi connectivity index (χ2v) is 10.2. The van der Waals surface area contributed by atoms with E-state index in [0.29, 0.717) is 17.1 Å². The van der Waals surface area contributed by atoms with Gasteiger partial charge in [-0.3, -0.25) is 9.46 Å². The van der Waals surface area contributed by atoms with Gasteiger partial charge in [0, 0.05) is 18.4 Å². The zero-order valence-electron chi connectivity index (χ0n) is 18.1. The molecule has 0 radical (unpaired) electrons. The van der Waals surface area contributed by atoms with E-state index in [2.05, 4.69) is 32.6 Å². The number of hydrogen-bond acceptors (Lipinski definition) is 2. The van der Waals surface area contributed by atoms with Crippen LogP contribution < -0.4 is 5.30 Å². The Morgan fingerprint density at radius 2 is 1.37 bits per heavy atom. The van der Waals surface area contributed by atoms with Gasteiger partial charge in [0.1, 0.15) is 0 Å². The summed E-state index contributed by atoms with van der Waals surface area (Å²) in [6, 6.07) is 9.20. The maximum atomic E-state index is 13.1. The van der Waals surface area contributed by atoms with Crippen LogP contribution in [0, 0.1) is 11.8 Å². The monoisotopic (exact) mass is 395 g/mol. The third-order valence-electron chi connectivity index (χ3n) is 5.67. The molecule has 0 aliphatic heterocycles. The van der Waals surface area contributed by atoms with Crippen LogP contribution in [0.15, 0.2) is 30.3 Å². The van der Waals surface area contributed by atoms with Gasteiger partial charge < -0.3 is 4.89 Å². The van der Waals surface area contributed by atoms with Crippen molar-refractivity contribution in [3.05, 3.63) is 30.3 Å². The third kappa shape index (κ3) is 9.41. The Morgan fingerprint density at radius 3 is 1.78 bits per heavy atom. The first kappa shape index (κ1) is 24.4. The van der Waals surface area contributed by atoms with Crippen molar-refractivity contribution in [1.82, 2.24) is 4.90 Å². The summed E-state index contributed by atoms with van der Waals surface area (Å²) in [7, 11) is -3.36. The second kappa shape index (κ2) is 13.5. The van der Waals surface area contributed by atoms with E-state index in [1.807, 2.05) is 18.2 Å². The molecule has 0 spiro atoms. The lowest BCUT2D eigenvalue weighted by atomic mass is 9.96. The molecule has 0 heterocycles. The van der Waals surface area contributed by atoms with Crippen molar-refractivity contribution in [2.24, 2.45) is 11.8 Å². The molecule has 3 nitrogen and oxygen atoms in total. The summed E-state index contributed by atoms with van der Waals surface area (Å²) in [5, 5.41) is 0.582. The fourth-order valence-electron chi connectivity index (χ4n) is 3.77. The van der Waals surface area contributed by atoms with Gasteiger partial charge in [0.15, 0.2) is 0 Å². The van der Waals surface area contributed by atoms with Crippen LogP contribution in [0.1, 0.15) is 79.1 Å². The largest absolute Gasteiger partial charge is 0.340 e. The molecule has 156 valence electrons. The molecule has 0 fully saturated rings. The molecule has 4 heteroatoms. The minimum Gasteiger partial charge on any atom is -0.340 e. The second-order valence-electron chi connectivity index (χ2n) is 8.05. The summed E-state index contributed by atoms with van der Waals surface area (Å²) in [5.74, 6) is 1.23. The van der Waals surface area contributed by atoms with Gasteiger partial charge in [-0.15, -0.1) is 0 Å². The molecular formula is C23H42NO2P. The van der Waals surface area contributed by atoms with Crippen molar-refractivity contribution in [2.75, 3.05) is 19.4 Å². The van der Waals surface area contributed by atoms with Gasteiger partial charge >= 0.3 is 0 Å². The van der Waals surface area contributed by atoms with Crippen molar-refractivity contribution in [2.45, 2.75) is 79.1 Å². The lowest BCUT2D eigenvalue weighted by Gasteiger charge is -2.32. The molecule has 0 aliphatic rings. The van der Waals surface area contributed by atoms with Crippen LogP contribution in [0.2, 0.25) is 0 Å². The van der Waals surface area contributed by atoms with Crippen LogP contribution in [0.5, 0.6) is 0 Å². The van der Waals surface area contributed by atoms with E-state index in [1.54, 1.807) is 12.1 Å². The van der Waals surface area contributed by atoms with Crippen LogP contribution in [0.4, 0.5) is 0 Å². The van der Waals surface area contributed by atoms with Gasteiger partial charge in [-0.25, -0.2) is 0 Å². The summed E-state index contributed by atoms with van der Waals surface area (Å²) in [5.41, 5.74) is 0. The van der Waals surface area contributed by atoms with Gasteiger partial charge in [-0.05, 0) is 36.8 Å². The molecule has 1 aromatic carbocycles. The van der Waals surface area contributed by atoms with E-state index in [1.165, 1.54) is 38.5 Å². The van der Waals surface area contributed by atoms with Crippen molar-refractivity contribution >= 4 is 12.7 Å². The van der Waals surface area contributed by atoms with E-state index in [4.69, 9.17) is 0 Å². The first-order valence-electron chi connectivity index (χ1n) is 11.1. The van der Waals surface area contributed by atoms with Gasteiger partial charge in [-0.2, -0.15) is 0 Å². The topological polar surface area (TPSA) is 40.5 Å². The molecule has 1 N–H and O–H groups in total. The van der Waals surface area contributed by atoms with Crippen LogP contribution in [-0.2, 0) is 4.57 Å². The lowest BCUT2D eigenvalue weighted by molar-refractivity contribution is 0.201. The fraction of sp³-hybridized carbons (Fsp3) is 0.739. The van der Waals surface area contributed by atoms with Gasteiger partial charge in [0.2, 0.25) is 7.37 Å². The highest BCUT2D eigenvalue weighted by Crippen LogP contribution is 2.40. The Bertz CT molecular complexity index is 516. The van der Waals surface area contributed by atoms with Crippen molar-refractivity contribution in [3.8, 4) is 0 Å². The molecule has 3 atom stereocenters. The number of benzene rings is 1. The molecule has 3 unspecified atom stereocenters. The van der Waals surface area contributed by atoms with Crippen LogP contribution in [0.25, 0.3) is 0 Å². The highest BCUT2D eigenvalue weighted by Gasteiger charge is 2.27. The number of unbranched alkanes of at least 4 members (excludes halogenated alkanes) is 2. The molecule has 0 saturated heterocycles. The minimum atomic E-state index is -3.36. The molecule has 0 aliphatic carbocycles. The minimum absolute atomic E-state index is 0.280. The Kier molecular flexibility index (Phi) is 12.2. The van der Waals surface area contributed by atoms with Crippen molar-refractivity contribution in [3.63, 3.8) is 0 Å². The predicted octanol–water partition coefficient (Wildman–Crippen LogP) is 6.27. The first-order chi connectivity index (χ1) is 13.0. The van der Waals surface area contributed by atoms with E-state index in [9.17, 15) is 9.46 Å². The molecule has 0 aromatic heterocycles. The predicted molar refractivity (Wildman–Crippen MR) is 119 cm³/mol. The smallest absolute Gasteiger partial charge is 0.243 e. The SMILES string of the molecule is CCCCC(CC)CN(CC(CC)CCCC)CP(=O)(O)c1ccccc1. The maximum Gasteiger partial charge on any atom is 0.243 e. The standard InChI is InChI=1S/C23H42NO2P/c1-5-9-14-21(7-3)18-24(19-22(8-4)15-10-6-2)20-27(25,26)23-16-12-11-13-17-23/h11-13,16-17,21-22H,5-10,14-15,18-20H2,1-4H3,(H,25,26). The molecule has 1 rings (SSSR count). The lowest BCUT2D eigenvalue weighted by Crippen LogP contribution is -2.36. The fourth-order valence-corrected chi connectivity index (χ4v) is 5.34. The molecular weight excluding hydrogens is 353 g/mol. The highest BCUT2D eigenvalue weighted by atomic mass is 31.2. The molecule has 0 amide bonds. The summed E-state index contributed by atoms with van der Waals surface area (Å²) in [6.45, 7) is 10.9. The maximum absolute atomic E-state index is 13.1. The molecule has 27 heavy (non-hydrogen) atoms. The van der Waals surface area contributed by atoms with Crippen LogP contribution in [0.3, 0.4) is 0 Å². The summed E-state index contributed by atoms with van der Waals surface area (Å²) in [4.78, 5) is 13.1. The number of nitrogens with zero attached hydrogens (tertiary/aromatic N) is 1. The average Bonchev–Trinajstić information content (AvgIpc) is 2.68.